The summed E-state index contributed by atoms with van der Waals surface area (Å²) in [5.74, 6) is -1.38. The van der Waals surface area contributed by atoms with Crippen molar-refractivity contribution in [3.05, 3.63) is 78.1 Å². The van der Waals surface area contributed by atoms with Gasteiger partial charge >= 0.3 is 0 Å². The van der Waals surface area contributed by atoms with Crippen molar-refractivity contribution in [1.82, 2.24) is 9.78 Å². The monoisotopic (exact) mass is 487 g/mol. The average Bonchev–Trinajstić information content (AvgIpc) is 2.59. The molecule has 3 aromatic rings. The van der Waals surface area contributed by atoms with Crippen molar-refractivity contribution in [2.75, 3.05) is 5.32 Å². The molecular weight excluding hydrogens is 480 g/mol. The summed E-state index contributed by atoms with van der Waals surface area (Å²) < 4.78 is 1.80. The number of nitrogens with one attached hydrogen (secondary N) is 1. The van der Waals surface area contributed by atoms with Crippen LogP contribution in [0, 0.1) is 0 Å². The second kappa shape index (κ2) is 7.90. The Morgan fingerprint density at radius 1 is 1.07 bits per heavy atom. The maximum absolute atomic E-state index is 12.6. The van der Waals surface area contributed by atoms with Crippen molar-refractivity contribution in [2.24, 2.45) is 0 Å². The highest BCUT2D eigenvalue weighted by Crippen LogP contribution is 2.34. The smallest absolute Gasteiger partial charge is 0.280 e. The summed E-state index contributed by atoms with van der Waals surface area (Å²) in [4.78, 5) is 24.7. The van der Waals surface area contributed by atoms with Crippen LogP contribution in [0.2, 0.25) is 15.1 Å². The molecule has 2 aromatic carbocycles. The number of hydrogen-bond donors (Lipinski definition) is 2. The number of aromatic nitrogens is 2. The molecule has 1 aromatic heterocycles. The van der Waals surface area contributed by atoms with Gasteiger partial charge in [0.2, 0.25) is 0 Å². The van der Waals surface area contributed by atoms with Crippen molar-refractivity contribution >= 4 is 62.3 Å². The lowest BCUT2D eigenvalue weighted by molar-refractivity contribution is 0.101. The fourth-order valence-electron chi connectivity index (χ4n) is 2.21. The van der Waals surface area contributed by atoms with Gasteiger partial charge in [-0.1, -0.05) is 50.7 Å². The van der Waals surface area contributed by atoms with E-state index < -0.39 is 17.2 Å². The highest BCUT2D eigenvalue weighted by Gasteiger charge is 2.19. The number of anilines is 1. The number of halogens is 4. The van der Waals surface area contributed by atoms with E-state index in [0.29, 0.717) is 10.7 Å². The fraction of sp³-hybridized carbons (Fsp3) is 0. The maximum Gasteiger partial charge on any atom is 0.280 e. The van der Waals surface area contributed by atoms with Crippen LogP contribution >= 0.6 is 50.7 Å². The quantitative estimate of drug-likeness (QED) is 0.548. The van der Waals surface area contributed by atoms with Crippen LogP contribution in [0.4, 0.5) is 5.69 Å². The van der Waals surface area contributed by atoms with Gasteiger partial charge in [-0.3, -0.25) is 9.59 Å². The molecule has 0 atom stereocenters. The molecule has 0 aliphatic rings. The van der Waals surface area contributed by atoms with Crippen LogP contribution in [0.15, 0.2) is 51.7 Å². The molecule has 0 spiro atoms. The number of nitrogens with zero attached hydrogens (tertiary/aromatic N) is 2. The lowest BCUT2D eigenvalue weighted by atomic mass is 10.2. The molecule has 3 rings (SSSR count). The molecule has 0 saturated carbocycles. The van der Waals surface area contributed by atoms with Crippen LogP contribution in [-0.4, -0.2) is 20.8 Å². The Bertz CT molecular complexity index is 1080. The van der Waals surface area contributed by atoms with E-state index in [0.717, 1.165) is 15.2 Å². The van der Waals surface area contributed by atoms with Gasteiger partial charge in [-0.25, -0.2) is 0 Å². The van der Waals surface area contributed by atoms with Gasteiger partial charge in [0, 0.05) is 15.6 Å². The van der Waals surface area contributed by atoms with E-state index in [2.05, 4.69) is 26.3 Å². The van der Waals surface area contributed by atoms with E-state index >= 15 is 0 Å². The average molecular weight is 490 g/mol. The number of rotatable bonds is 3. The predicted octanol–water partition coefficient (Wildman–Crippen LogP) is 4.91. The standard InChI is InChI=1S/C17H9BrCl3N3O3/c18-8-1-3-10(4-2-8)24-14(26)7-13(25)16(23-24)17(27)22-15-11(20)5-9(19)6-12(15)21/h1-7,25H,(H,22,27). The molecule has 6 nitrogen and oxygen atoms in total. The largest absolute Gasteiger partial charge is 0.505 e. The first-order chi connectivity index (χ1) is 12.8. The molecule has 27 heavy (non-hydrogen) atoms. The number of carbonyl (C=O) groups excluding carboxylic acids is 1. The molecule has 0 fully saturated rings. The first kappa shape index (κ1) is 19.7. The molecule has 0 radical (unpaired) electrons. The van der Waals surface area contributed by atoms with Gasteiger partial charge in [0.1, 0.15) is 0 Å². The highest BCUT2D eigenvalue weighted by molar-refractivity contribution is 9.10. The second-order valence-corrected chi connectivity index (χ2v) is 7.47. The fourth-order valence-corrected chi connectivity index (χ4v) is 3.39. The minimum atomic E-state index is -0.801. The molecule has 10 heteroatoms. The molecule has 0 aliphatic carbocycles. The first-order valence-electron chi connectivity index (χ1n) is 7.31. The van der Waals surface area contributed by atoms with Gasteiger partial charge in [0.25, 0.3) is 11.5 Å². The minimum Gasteiger partial charge on any atom is -0.505 e. The first-order valence-corrected chi connectivity index (χ1v) is 9.24. The molecule has 1 amide bonds. The predicted molar refractivity (Wildman–Crippen MR) is 109 cm³/mol. The Kier molecular flexibility index (Phi) is 5.76. The van der Waals surface area contributed by atoms with Crippen LogP contribution in [0.5, 0.6) is 5.75 Å². The summed E-state index contributed by atoms with van der Waals surface area (Å²) >= 11 is 21.2. The topological polar surface area (TPSA) is 84.2 Å². The van der Waals surface area contributed by atoms with Gasteiger partial charge in [-0.15, -0.1) is 0 Å². The van der Waals surface area contributed by atoms with E-state index in [1.54, 1.807) is 24.3 Å². The molecule has 2 N–H and O–H groups in total. The Hall–Kier alpha value is -2.06. The summed E-state index contributed by atoms with van der Waals surface area (Å²) in [6.45, 7) is 0. The molecule has 0 saturated heterocycles. The van der Waals surface area contributed by atoms with E-state index in [1.807, 2.05) is 0 Å². The zero-order chi connectivity index (χ0) is 19.7. The van der Waals surface area contributed by atoms with Crippen molar-refractivity contribution in [2.45, 2.75) is 0 Å². The maximum atomic E-state index is 12.6. The summed E-state index contributed by atoms with van der Waals surface area (Å²) in [5, 5.41) is 17.0. The lowest BCUT2D eigenvalue weighted by Crippen LogP contribution is -2.25. The van der Waals surface area contributed by atoms with Gasteiger partial charge in [-0.2, -0.15) is 9.78 Å². The molecular formula is C17H9BrCl3N3O3. The van der Waals surface area contributed by atoms with Crippen molar-refractivity contribution in [3.63, 3.8) is 0 Å². The van der Waals surface area contributed by atoms with Crippen LogP contribution in [0.25, 0.3) is 5.69 Å². The molecule has 0 aliphatic heterocycles. The third-order valence-corrected chi connectivity index (χ3v) is 4.79. The van der Waals surface area contributed by atoms with Gasteiger partial charge in [0.15, 0.2) is 11.4 Å². The highest BCUT2D eigenvalue weighted by atomic mass is 79.9. The zero-order valence-corrected chi connectivity index (χ0v) is 17.1. The zero-order valence-electron chi connectivity index (χ0n) is 13.2. The van der Waals surface area contributed by atoms with Gasteiger partial charge in [0.05, 0.1) is 21.4 Å². The van der Waals surface area contributed by atoms with E-state index in [-0.39, 0.29) is 21.4 Å². The lowest BCUT2D eigenvalue weighted by Gasteiger charge is -2.12. The SMILES string of the molecule is O=C(Nc1c(Cl)cc(Cl)cc1Cl)c1nn(-c2ccc(Br)cc2)c(=O)cc1O. The Balaban J connectivity index is 2.02. The van der Waals surface area contributed by atoms with Crippen molar-refractivity contribution in [1.29, 1.82) is 0 Å². The van der Waals surface area contributed by atoms with Crippen LogP contribution in [0.1, 0.15) is 10.5 Å². The minimum absolute atomic E-state index is 0.107. The van der Waals surface area contributed by atoms with Crippen LogP contribution in [0.3, 0.4) is 0 Å². The normalized spacial score (nSPS) is 10.7. The van der Waals surface area contributed by atoms with E-state index in [4.69, 9.17) is 34.8 Å². The Morgan fingerprint density at radius 2 is 1.67 bits per heavy atom. The third-order valence-electron chi connectivity index (χ3n) is 3.44. The Labute approximate surface area is 176 Å². The van der Waals surface area contributed by atoms with Gasteiger partial charge in [-0.05, 0) is 36.4 Å². The molecule has 0 bridgehead atoms. The number of benzene rings is 2. The molecule has 0 unspecified atom stereocenters. The van der Waals surface area contributed by atoms with Crippen molar-refractivity contribution in [3.8, 4) is 11.4 Å². The third kappa shape index (κ3) is 4.27. The van der Waals surface area contributed by atoms with Gasteiger partial charge < -0.3 is 10.4 Å². The summed E-state index contributed by atoms with van der Waals surface area (Å²) in [7, 11) is 0. The number of carbonyl (C=O) groups is 1. The second-order valence-electron chi connectivity index (χ2n) is 5.30. The number of amides is 1. The molecule has 138 valence electrons. The summed E-state index contributed by atoms with van der Waals surface area (Å²) in [6.07, 6.45) is 0. The van der Waals surface area contributed by atoms with Crippen molar-refractivity contribution < 1.29 is 9.90 Å². The molecule has 1 heterocycles. The number of hydrogen-bond acceptors (Lipinski definition) is 4. The number of aromatic hydroxyl groups is 1. The summed E-state index contributed by atoms with van der Waals surface area (Å²) in [6, 6.07) is 10.4. The van der Waals surface area contributed by atoms with E-state index in [9.17, 15) is 14.7 Å². The van der Waals surface area contributed by atoms with Crippen LogP contribution in [-0.2, 0) is 0 Å². The summed E-state index contributed by atoms with van der Waals surface area (Å²) in [5.41, 5.74) is -0.455. The van der Waals surface area contributed by atoms with Crippen LogP contribution < -0.4 is 10.9 Å². The Morgan fingerprint density at radius 3 is 2.26 bits per heavy atom. The van der Waals surface area contributed by atoms with E-state index in [1.165, 1.54) is 12.1 Å².